The second-order valence-electron chi connectivity index (χ2n) is 4.46. The maximum Gasteiger partial charge on any atom is 0.257 e. The number of hydrogen-bond acceptors (Lipinski definition) is 4. The maximum absolute atomic E-state index is 12.3. The normalized spacial score (nSPS) is 10.7. The molecule has 5 heteroatoms. The minimum Gasteiger partial charge on any atom is -0.507 e. The molecule has 0 radical (unpaired) electrons. The van der Waals surface area contributed by atoms with Gasteiger partial charge in [-0.3, -0.25) is 4.79 Å². The number of carbonyl (C=O) groups is 1. The van der Waals surface area contributed by atoms with E-state index < -0.39 is 5.91 Å². The van der Waals surface area contributed by atoms with Crippen molar-refractivity contribution in [1.29, 1.82) is 0 Å². The second-order valence-corrected chi connectivity index (χ2v) is 4.46. The number of hydrogen-bond donors (Lipinski definition) is 3. The van der Waals surface area contributed by atoms with Gasteiger partial charge >= 0.3 is 0 Å². The van der Waals surface area contributed by atoms with E-state index in [1.54, 1.807) is 12.1 Å². The van der Waals surface area contributed by atoms with E-state index >= 15 is 0 Å². The zero-order valence-electron chi connectivity index (χ0n) is 11.0. The van der Waals surface area contributed by atoms with Gasteiger partial charge in [-0.2, -0.15) is 0 Å². The first-order chi connectivity index (χ1) is 9.67. The molecule has 2 aromatic carbocycles. The zero-order valence-corrected chi connectivity index (χ0v) is 11.0. The van der Waals surface area contributed by atoms with E-state index in [0.29, 0.717) is 0 Å². The van der Waals surface area contributed by atoms with E-state index in [4.69, 9.17) is 10.2 Å². The molecule has 0 unspecified atom stereocenters. The number of phenols is 1. The minimum atomic E-state index is -0.406. The highest BCUT2D eigenvalue weighted by Gasteiger charge is 2.18. The molecule has 2 rings (SSSR count). The Hall–Kier alpha value is -2.11. The number of carbonyl (C=O) groups excluding carboxylic acids is 1. The van der Waals surface area contributed by atoms with Crippen LogP contribution in [-0.2, 0) is 0 Å². The first-order valence-electron chi connectivity index (χ1n) is 6.40. The lowest BCUT2D eigenvalue weighted by molar-refractivity contribution is 0.0682. The van der Waals surface area contributed by atoms with Crippen LogP contribution in [0.4, 0.5) is 0 Å². The molecule has 0 bridgehead atoms. The van der Waals surface area contributed by atoms with Crippen LogP contribution in [0.2, 0.25) is 0 Å². The van der Waals surface area contributed by atoms with Gasteiger partial charge in [0.05, 0.1) is 18.8 Å². The van der Waals surface area contributed by atoms with Crippen LogP contribution in [0.5, 0.6) is 5.75 Å². The van der Waals surface area contributed by atoms with Crippen LogP contribution in [0.15, 0.2) is 36.4 Å². The molecule has 5 nitrogen and oxygen atoms in total. The van der Waals surface area contributed by atoms with Crippen LogP contribution < -0.4 is 0 Å². The molecule has 0 aromatic heterocycles. The quantitative estimate of drug-likeness (QED) is 0.759. The van der Waals surface area contributed by atoms with Crippen molar-refractivity contribution in [1.82, 2.24) is 4.90 Å². The monoisotopic (exact) mass is 275 g/mol. The molecule has 20 heavy (non-hydrogen) atoms. The number of amides is 1. The van der Waals surface area contributed by atoms with E-state index in [2.05, 4.69) is 0 Å². The highest BCUT2D eigenvalue weighted by atomic mass is 16.3. The smallest absolute Gasteiger partial charge is 0.257 e. The van der Waals surface area contributed by atoms with E-state index in [-0.39, 0.29) is 37.6 Å². The Kier molecular flexibility index (Phi) is 4.55. The topological polar surface area (TPSA) is 81.0 Å². The van der Waals surface area contributed by atoms with Crippen LogP contribution in [0.1, 0.15) is 10.4 Å². The van der Waals surface area contributed by atoms with Gasteiger partial charge in [0.25, 0.3) is 5.91 Å². The Morgan fingerprint density at radius 2 is 1.55 bits per heavy atom. The first-order valence-corrected chi connectivity index (χ1v) is 6.40. The number of phenolic OH excluding ortho intramolecular Hbond substituents is 1. The van der Waals surface area contributed by atoms with E-state index in [9.17, 15) is 9.90 Å². The third kappa shape index (κ3) is 2.89. The lowest BCUT2D eigenvalue weighted by Gasteiger charge is -2.21. The van der Waals surface area contributed by atoms with Crippen molar-refractivity contribution in [3.8, 4) is 5.75 Å². The lowest BCUT2D eigenvalue weighted by atomic mass is 10.0. The SMILES string of the molecule is O=C(c1cc2ccccc2cc1O)N(CCO)CCO. The van der Waals surface area contributed by atoms with Crippen molar-refractivity contribution >= 4 is 16.7 Å². The van der Waals surface area contributed by atoms with Gasteiger partial charge in [-0.1, -0.05) is 24.3 Å². The fourth-order valence-corrected chi connectivity index (χ4v) is 2.13. The van der Waals surface area contributed by atoms with E-state index in [1.165, 1.54) is 4.90 Å². The number of aliphatic hydroxyl groups is 2. The summed E-state index contributed by atoms with van der Waals surface area (Å²) < 4.78 is 0. The average molecular weight is 275 g/mol. The Morgan fingerprint density at radius 3 is 2.10 bits per heavy atom. The van der Waals surface area contributed by atoms with Gasteiger partial charge < -0.3 is 20.2 Å². The highest BCUT2D eigenvalue weighted by molar-refractivity contribution is 6.01. The standard InChI is InChI=1S/C15H17NO4/c17-7-5-16(6-8-18)15(20)13-9-11-3-1-2-4-12(11)10-14(13)19/h1-4,9-10,17-19H,5-8H2. The first kappa shape index (κ1) is 14.3. The predicted octanol–water partition coefficient (Wildman–Crippen LogP) is 0.972. The van der Waals surface area contributed by atoms with E-state index in [1.807, 2.05) is 24.3 Å². The van der Waals surface area contributed by atoms with Gasteiger partial charge in [0, 0.05) is 13.1 Å². The van der Waals surface area contributed by atoms with Crippen LogP contribution in [0.3, 0.4) is 0 Å². The molecular formula is C15H17NO4. The summed E-state index contributed by atoms with van der Waals surface area (Å²) in [5, 5.41) is 29.6. The molecular weight excluding hydrogens is 258 g/mol. The zero-order chi connectivity index (χ0) is 14.5. The molecule has 0 atom stereocenters. The average Bonchev–Trinajstić information content (AvgIpc) is 2.45. The number of benzene rings is 2. The molecule has 0 aliphatic heterocycles. The summed E-state index contributed by atoms with van der Waals surface area (Å²) in [5.41, 5.74) is 0.172. The summed E-state index contributed by atoms with van der Waals surface area (Å²) in [7, 11) is 0. The van der Waals surface area contributed by atoms with Gasteiger partial charge in [0.1, 0.15) is 5.75 Å². The molecule has 2 aromatic rings. The van der Waals surface area contributed by atoms with Crippen molar-refractivity contribution in [2.45, 2.75) is 0 Å². The summed E-state index contributed by atoms with van der Waals surface area (Å²) >= 11 is 0. The fraction of sp³-hybridized carbons (Fsp3) is 0.267. The van der Waals surface area contributed by atoms with Crippen LogP contribution in [0.25, 0.3) is 10.8 Å². The van der Waals surface area contributed by atoms with Crippen molar-refractivity contribution in [2.24, 2.45) is 0 Å². The molecule has 0 aliphatic carbocycles. The van der Waals surface area contributed by atoms with Gasteiger partial charge in [0.15, 0.2) is 0 Å². The molecule has 106 valence electrons. The Bertz CT molecular complexity index is 606. The highest BCUT2D eigenvalue weighted by Crippen LogP contribution is 2.26. The third-order valence-corrected chi connectivity index (χ3v) is 3.12. The fourth-order valence-electron chi connectivity index (χ4n) is 2.13. The third-order valence-electron chi connectivity index (χ3n) is 3.12. The van der Waals surface area contributed by atoms with Crippen LogP contribution in [-0.4, -0.2) is 52.4 Å². The van der Waals surface area contributed by atoms with Gasteiger partial charge in [0.2, 0.25) is 0 Å². The molecule has 1 amide bonds. The molecule has 0 heterocycles. The molecule has 0 fully saturated rings. The summed E-state index contributed by atoms with van der Waals surface area (Å²) in [6.45, 7) is -0.155. The van der Waals surface area contributed by atoms with Crippen molar-refractivity contribution < 1.29 is 20.1 Å². The predicted molar refractivity (Wildman–Crippen MR) is 75.7 cm³/mol. The number of rotatable bonds is 5. The molecule has 0 saturated heterocycles. The number of aliphatic hydroxyl groups excluding tert-OH is 2. The lowest BCUT2D eigenvalue weighted by Crippen LogP contribution is -2.35. The number of fused-ring (bicyclic) bond motifs is 1. The van der Waals surface area contributed by atoms with Crippen LogP contribution >= 0.6 is 0 Å². The second kappa shape index (κ2) is 6.36. The summed E-state index contributed by atoms with van der Waals surface area (Å²) in [6, 6.07) is 10.6. The number of nitrogens with zero attached hydrogens (tertiary/aromatic N) is 1. The van der Waals surface area contributed by atoms with Crippen molar-refractivity contribution in [3.63, 3.8) is 0 Å². The van der Waals surface area contributed by atoms with Gasteiger partial charge in [-0.25, -0.2) is 0 Å². The maximum atomic E-state index is 12.3. The van der Waals surface area contributed by atoms with Crippen LogP contribution in [0, 0.1) is 0 Å². The van der Waals surface area contributed by atoms with Gasteiger partial charge in [-0.15, -0.1) is 0 Å². The molecule has 3 N–H and O–H groups in total. The number of aromatic hydroxyl groups is 1. The van der Waals surface area contributed by atoms with Crippen molar-refractivity contribution in [3.05, 3.63) is 42.0 Å². The molecule has 0 spiro atoms. The van der Waals surface area contributed by atoms with E-state index in [0.717, 1.165) is 10.8 Å². The van der Waals surface area contributed by atoms with Crippen molar-refractivity contribution in [2.75, 3.05) is 26.3 Å². The largest absolute Gasteiger partial charge is 0.507 e. The Labute approximate surface area is 116 Å². The molecule has 0 aliphatic rings. The Balaban J connectivity index is 2.39. The molecule has 0 saturated carbocycles. The van der Waals surface area contributed by atoms with Gasteiger partial charge in [-0.05, 0) is 22.9 Å². The summed E-state index contributed by atoms with van der Waals surface area (Å²) in [4.78, 5) is 13.6. The Morgan fingerprint density at radius 1 is 1.00 bits per heavy atom. The minimum absolute atomic E-state index is 0.102. The summed E-state index contributed by atoms with van der Waals surface area (Å²) in [5.74, 6) is -0.508. The summed E-state index contributed by atoms with van der Waals surface area (Å²) in [6.07, 6.45) is 0.